The molecule has 2 aromatic carbocycles. The predicted molar refractivity (Wildman–Crippen MR) is 102 cm³/mol. The molecule has 0 aromatic heterocycles. The van der Waals surface area contributed by atoms with Gasteiger partial charge in [0, 0.05) is 12.7 Å². The molecular weight excluding hydrogens is 442 g/mol. The number of hydrogen-bond donors (Lipinski definition) is 0. The zero-order chi connectivity index (χ0) is 23.6. The maximum absolute atomic E-state index is 13.8. The summed E-state index contributed by atoms with van der Waals surface area (Å²) in [6, 6.07) is 9.60. The van der Waals surface area contributed by atoms with Crippen LogP contribution in [-0.4, -0.2) is 32.9 Å². The third-order valence-corrected chi connectivity index (χ3v) is 4.97. The van der Waals surface area contributed by atoms with Gasteiger partial charge in [0.05, 0.1) is 6.61 Å². The molecule has 0 bridgehead atoms. The standard InChI is InChI=1S/C22H22F6O4/c1-3-5-14-10-16(20(21(23,24)25,22(26,27)28)31-13-29-2)8-9-18(14)32-17-7-4-6-15(11-17)19-12-30-19/h4,6-11,19H,3,5,12-13H2,1-2H3. The maximum Gasteiger partial charge on any atom is 0.430 e. The van der Waals surface area contributed by atoms with Crippen LogP contribution in [0.15, 0.2) is 42.5 Å². The summed E-state index contributed by atoms with van der Waals surface area (Å²) in [6.07, 6.45) is -10.9. The molecule has 0 spiro atoms. The van der Waals surface area contributed by atoms with Crippen LogP contribution >= 0.6 is 0 Å². The number of rotatable bonds is 9. The second-order valence-corrected chi connectivity index (χ2v) is 7.30. The van der Waals surface area contributed by atoms with E-state index < -0.39 is 30.3 Å². The van der Waals surface area contributed by atoms with Crippen molar-refractivity contribution < 1.29 is 45.3 Å². The lowest BCUT2D eigenvalue weighted by Gasteiger charge is -2.37. The molecule has 1 fully saturated rings. The van der Waals surface area contributed by atoms with E-state index in [1.807, 2.05) is 6.07 Å². The zero-order valence-corrected chi connectivity index (χ0v) is 17.3. The third-order valence-electron chi connectivity index (χ3n) is 4.97. The van der Waals surface area contributed by atoms with E-state index in [1.165, 1.54) is 0 Å². The number of methoxy groups -OCH3 is 1. The first-order chi connectivity index (χ1) is 15.0. The number of aryl methyl sites for hydroxylation is 1. The van der Waals surface area contributed by atoms with Crippen molar-refractivity contribution in [3.05, 3.63) is 59.2 Å². The fourth-order valence-electron chi connectivity index (χ4n) is 3.39. The number of hydrogen-bond acceptors (Lipinski definition) is 4. The van der Waals surface area contributed by atoms with Crippen LogP contribution in [0.5, 0.6) is 11.5 Å². The Bertz CT molecular complexity index is 907. The summed E-state index contributed by atoms with van der Waals surface area (Å²) in [4.78, 5) is 0. The third kappa shape index (κ3) is 4.87. The molecule has 0 amide bonds. The Kier molecular flexibility index (Phi) is 7.06. The summed E-state index contributed by atoms with van der Waals surface area (Å²) >= 11 is 0. The van der Waals surface area contributed by atoms with Crippen LogP contribution in [-0.2, 0) is 26.2 Å². The average Bonchev–Trinajstić information content (AvgIpc) is 3.54. The van der Waals surface area contributed by atoms with Crippen LogP contribution in [0.4, 0.5) is 26.3 Å². The van der Waals surface area contributed by atoms with Crippen LogP contribution in [0.1, 0.15) is 36.1 Å². The Morgan fingerprint density at radius 1 is 1.00 bits per heavy atom. The summed E-state index contributed by atoms with van der Waals surface area (Å²) in [6.45, 7) is 1.14. The van der Waals surface area contributed by atoms with Gasteiger partial charge in [0.15, 0.2) is 0 Å². The largest absolute Gasteiger partial charge is 0.457 e. The quantitative estimate of drug-likeness (QED) is 0.243. The average molecular weight is 464 g/mol. The van der Waals surface area contributed by atoms with E-state index in [1.54, 1.807) is 25.1 Å². The molecule has 1 unspecified atom stereocenters. The number of alkyl halides is 6. The highest BCUT2D eigenvalue weighted by atomic mass is 19.4. The van der Waals surface area contributed by atoms with E-state index in [0.717, 1.165) is 30.9 Å². The molecule has 0 saturated carbocycles. The van der Waals surface area contributed by atoms with Crippen molar-refractivity contribution >= 4 is 0 Å². The molecule has 1 saturated heterocycles. The normalized spacial score (nSPS) is 16.8. The lowest BCUT2D eigenvalue weighted by Crippen LogP contribution is -2.56. The minimum absolute atomic E-state index is 0.0341. The molecule has 1 atom stereocenters. The van der Waals surface area contributed by atoms with Crippen LogP contribution in [0.2, 0.25) is 0 Å². The molecule has 1 aliphatic heterocycles. The molecule has 1 heterocycles. The number of ether oxygens (including phenoxy) is 4. The first-order valence-electron chi connectivity index (χ1n) is 9.82. The zero-order valence-electron chi connectivity index (χ0n) is 17.3. The van der Waals surface area contributed by atoms with Gasteiger partial charge in [-0.05, 0) is 41.8 Å². The summed E-state index contributed by atoms with van der Waals surface area (Å²) in [5.74, 6) is 0.561. The van der Waals surface area contributed by atoms with E-state index in [-0.39, 0.29) is 23.8 Å². The van der Waals surface area contributed by atoms with Gasteiger partial charge in [-0.1, -0.05) is 31.5 Å². The number of benzene rings is 2. The second kappa shape index (κ2) is 9.29. The molecular formula is C22H22F6O4. The van der Waals surface area contributed by atoms with Crippen molar-refractivity contribution in [2.24, 2.45) is 0 Å². The van der Waals surface area contributed by atoms with Gasteiger partial charge in [-0.15, -0.1) is 0 Å². The van der Waals surface area contributed by atoms with Gasteiger partial charge in [-0.3, -0.25) is 0 Å². The van der Waals surface area contributed by atoms with Gasteiger partial charge in [0.1, 0.15) is 24.4 Å². The molecule has 4 nitrogen and oxygen atoms in total. The van der Waals surface area contributed by atoms with Crippen molar-refractivity contribution in [3.63, 3.8) is 0 Å². The Morgan fingerprint density at radius 3 is 2.25 bits per heavy atom. The fraction of sp³-hybridized carbons (Fsp3) is 0.455. The van der Waals surface area contributed by atoms with Crippen molar-refractivity contribution in [3.8, 4) is 11.5 Å². The molecule has 32 heavy (non-hydrogen) atoms. The van der Waals surface area contributed by atoms with Crippen LogP contribution in [0.25, 0.3) is 0 Å². The van der Waals surface area contributed by atoms with E-state index in [0.29, 0.717) is 18.8 Å². The summed E-state index contributed by atoms with van der Waals surface area (Å²) in [5, 5.41) is 0. The van der Waals surface area contributed by atoms with E-state index in [4.69, 9.17) is 9.47 Å². The van der Waals surface area contributed by atoms with Crippen LogP contribution < -0.4 is 4.74 Å². The summed E-state index contributed by atoms with van der Waals surface area (Å²) < 4.78 is 103. The topological polar surface area (TPSA) is 40.2 Å². The van der Waals surface area contributed by atoms with E-state index >= 15 is 0 Å². The van der Waals surface area contributed by atoms with Crippen molar-refractivity contribution in [2.75, 3.05) is 20.5 Å². The number of epoxide rings is 1. The maximum atomic E-state index is 13.8. The van der Waals surface area contributed by atoms with Gasteiger partial charge >= 0.3 is 12.4 Å². The second-order valence-electron chi connectivity index (χ2n) is 7.30. The van der Waals surface area contributed by atoms with Gasteiger partial charge in [-0.25, -0.2) is 0 Å². The van der Waals surface area contributed by atoms with Crippen LogP contribution in [0.3, 0.4) is 0 Å². The lowest BCUT2D eigenvalue weighted by atomic mass is 9.89. The van der Waals surface area contributed by atoms with E-state index in [9.17, 15) is 26.3 Å². The predicted octanol–water partition coefficient (Wildman–Crippen LogP) is 6.44. The Balaban J connectivity index is 2.04. The summed E-state index contributed by atoms with van der Waals surface area (Å²) in [5.41, 5.74) is -4.57. The fourth-order valence-corrected chi connectivity index (χ4v) is 3.39. The molecule has 10 heteroatoms. The summed E-state index contributed by atoms with van der Waals surface area (Å²) in [7, 11) is 0.942. The first kappa shape index (κ1) is 24.3. The molecule has 0 N–H and O–H groups in total. The minimum Gasteiger partial charge on any atom is -0.457 e. The van der Waals surface area contributed by atoms with Gasteiger partial charge in [-0.2, -0.15) is 26.3 Å². The smallest absolute Gasteiger partial charge is 0.430 e. The Labute approximate surface area is 181 Å². The highest BCUT2D eigenvalue weighted by Gasteiger charge is 2.73. The van der Waals surface area contributed by atoms with Gasteiger partial charge < -0.3 is 18.9 Å². The molecule has 2 aromatic rings. The monoisotopic (exact) mass is 464 g/mol. The van der Waals surface area contributed by atoms with Gasteiger partial charge in [0.2, 0.25) is 0 Å². The first-order valence-corrected chi connectivity index (χ1v) is 9.82. The van der Waals surface area contributed by atoms with Crippen molar-refractivity contribution in [1.82, 2.24) is 0 Å². The highest BCUT2D eigenvalue weighted by molar-refractivity contribution is 5.44. The van der Waals surface area contributed by atoms with E-state index in [2.05, 4.69) is 9.47 Å². The Morgan fingerprint density at radius 2 is 1.69 bits per heavy atom. The molecule has 176 valence electrons. The highest BCUT2D eigenvalue weighted by Crippen LogP contribution is 2.53. The lowest BCUT2D eigenvalue weighted by molar-refractivity contribution is -0.400. The number of halogens is 6. The van der Waals surface area contributed by atoms with Crippen molar-refractivity contribution in [1.29, 1.82) is 0 Å². The molecule has 0 aliphatic carbocycles. The molecule has 1 aliphatic rings. The SMILES string of the molecule is CCCc1cc(C(OCOC)(C(F)(F)F)C(F)(F)F)ccc1Oc1cccc(C2CO2)c1. The molecule has 0 radical (unpaired) electrons. The van der Waals surface area contributed by atoms with Crippen molar-refractivity contribution in [2.45, 2.75) is 43.8 Å². The Hall–Kier alpha value is -2.30. The van der Waals surface area contributed by atoms with Gasteiger partial charge in [0.25, 0.3) is 5.60 Å². The molecule has 3 rings (SSSR count). The van der Waals surface area contributed by atoms with Crippen LogP contribution in [0, 0.1) is 0 Å². The minimum atomic E-state index is -5.78.